The van der Waals surface area contributed by atoms with Crippen molar-refractivity contribution in [2.45, 2.75) is 43.5 Å². The predicted molar refractivity (Wildman–Crippen MR) is 79.9 cm³/mol. The van der Waals surface area contributed by atoms with Gasteiger partial charge in [0.2, 0.25) is 10.0 Å². The van der Waals surface area contributed by atoms with Gasteiger partial charge in [-0.3, -0.25) is 4.79 Å². The molecule has 2 unspecified atom stereocenters. The molecule has 2 N–H and O–H groups in total. The smallest absolute Gasteiger partial charge is 0.306 e. The van der Waals surface area contributed by atoms with Crippen LogP contribution in [0.4, 0.5) is 0 Å². The van der Waals surface area contributed by atoms with Gasteiger partial charge in [0.15, 0.2) is 0 Å². The van der Waals surface area contributed by atoms with Crippen molar-refractivity contribution in [1.29, 1.82) is 0 Å². The average molecular weight is 332 g/mol. The second kappa shape index (κ2) is 6.34. The average Bonchev–Trinajstić information content (AvgIpc) is 2.41. The maximum Gasteiger partial charge on any atom is 0.306 e. The molecule has 116 valence electrons. The molecule has 2 rings (SSSR count). The summed E-state index contributed by atoms with van der Waals surface area (Å²) in [6.07, 6.45) is 2.29. The number of hydrogen-bond donors (Lipinski definition) is 2. The predicted octanol–water partition coefficient (Wildman–Crippen LogP) is 2.57. The largest absolute Gasteiger partial charge is 0.481 e. The Morgan fingerprint density at radius 2 is 2.10 bits per heavy atom. The first-order valence-corrected chi connectivity index (χ1v) is 8.67. The number of carboxylic acids is 1. The maximum atomic E-state index is 12.4. The van der Waals surface area contributed by atoms with Crippen LogP contribution in [-0.4, -0.2) is 25.5 Å². The highest BCUT2D eigenvalue weighted by molar-refractivity contribution is 7.89. The second-order valence-corrected chi connectivity index (χ2v) is 7.47. The first-order valence-electron chi connectivity index (χ1n) is 6.81. The minimum atomic E-state index is -3.69. The second-order valence-electron chi connectivity index (χ2n) is 5.38. The van der Waals surface area contributed by atoms with E-state index in [1.54, 1.807) is 19.1 Å². The van der Waals surface area contributed by atoms with Crippen LogP contribution in [0.5, 0.6) is 0 Å². The van der Waals surface area contributed by atoms with Crippen molar-refractivity contribution in [3.63, 3.8) is 0 Å². The Hall–Kier alpha value is -1.11. The highest BCUT2D eigenvalue weighted by Crippen LogP contribution is 2.27. The zero-order chi connectivity index (χ0) is 15.6. The Kier molecular flexibility index (Phi) is 4.91. The minimum absolute atomic E-state index is 0.146. The Balaban J connectivity index is 2.18. The Morgan fingerprint density at radius 3 is 2.76 bits per heavy atom. The summed E-state index contributed by atoms with van der Waals surface area (Å²) >= 11 is 5.96. The molecule has 1 aliphatic carbocycles. The first-order chi connectivity index (χ1) is 9.81. The van der Waals surface area contributed by atoms with Crippen molar-refractivity contribution < 1.29 is 18.3 Å². The Bertz CT molecular complexity index is 644. The number of halogens is 1. The van der Waals surface area contributed by atoms with Crippen molar-refractivity contribution >= 4 is 27.6 Å². The van der Waals surface area contributed by atoms with E-state index in [9.17, 15) is 13.2 Å². The molecule has 21 heavy (non-hydrogen) atoms. The Morgan fingerprint density at radius 1 is 1.38 bits per heavy atom. The van der Waals surface area contributed by atoms with E-state index < -0.39 is 21.9 Å². The molecule has 1 aromatic carbocycles. The lowest BCUT2D eigenvalue weighted by Crippen LogP contribution is -2.40. The van der Waals surface area contributed by atoms with Gasteiger partial charge in [0.1, 0.15) is 0 Å². The van der Waals surface area contributed by atoms with Crippen LogP contribution in [0.15, 0.2) is 23.1 Å². The van der Waals surface area contributed by atoms with Crippen LogP contribution in [0.1, 0.15) is 31.2 Å². The number of carbonyl (C=O) groups is 1. The van der Waals surface area contributed by atoms with E-state index in [0.717, 1.165) is 0 Å². The lowest BCUT2D eigenvalue weighted by atomic mass is 9.86. The number of carboxylic acid groups (broad SMARTS) is 1. The summed E-state index contributed by atoms with van der Waals surface area (Å²) < 4.78 is 27.5. The third-order valence-electron chi connectivity index (χ3n) is 3.85. The number of rotatable bonds is 4. The molecule has 0 spiro atoms. The lowest BCUT2D eigenvalue weighted by molar-refractivity contribution is -0.143. The lowest BCUT2D eigenvalue weighted by Gasteiger charge is -2.27. The molecule has 1 saturated carbocycles. The van der Waals surface area contributed by atoms with Crippen LogP contribution in [0.25, 0.3) is 0 Å². The van der Waals surface area contributed by atoms with E-state index in [1.807, 2.05) is 0 Å². The molecular weight excluding hydrogens is 314 g/mol. The zero-order valence-electron chi connectivity index (χ0n) is 11.7. The number of benzene rings is 1. The van der Waals surface area contributed by atoms with Gasteiger partial charge in [-0.15, -0.1) is 0 Å². The van der Waals surface area contributed by atoms with E-state index in [0.29, 0.717) is 36.3 Å². The molecule has 1 fully saturated rings. The minimum Gasteiger partial charge on any atom is -0.481 e. The van der Waals surface area contributed by atoms with Gasteiger partial charge < -0.3 is 5.11 Å². The van der Waals surface area contributed by atoms with Crippen LogP contribution >= 0.6 is 11.6 Å². The van der Waals surface area contributed by atoms with Gasteiger partial charge in [-0.05, 0) is 43.9 Å². The summed E-state index contributed by atoms with van der Waals surface area (Å²) in [5.74, 6) is -1.34. The molecule has 0 radical (unpaired) electrons. The third-order valence-corrected chi connectivity index (χ3v) is 5.93. The van der Waals surface area contributed by atoms with Crippen LogP contribution in [0.2, 0.25) is 5.02 Å². The molecule has 5 nitrogen and oxygen atoms in total. The molecule has 0 saturated heterocycles. The summed E-state index contributed by atoms with van der Waals surface area (Å²) in [5, 5.41) is 9.45. The van der Waals surface area contributed by atoms with E-state index in [4.69, 9.17) is 16.7 Å². The summed E-state index contributed by atoms with van der Waals surface area (Å²) in [6.45, 7) is 1.65. The summed E-state index contributed by atoms with van der Waals surface area (Å²) in [5.41, 5.74) is 0.497. The van der Waals surface area contributed by atoms with Crippen LogP contribution < -0.4 is 4.72 Å². The fraction of sp³-hybridized carbons (Fsp3) is 0.500. The number of hydrogen-bond acceptors (Lipinski definition) is 3. The molecule has 2 atom stereocenters. The molecule has 1 aromatic rings. The summed E-state index contributed by atoms with van der Waals surface area (Å²) in [4.78, 5) is 11.2. The fourth-order valence-electron chi connectivity index (χ4n) is 2.68. The first kappa shape index (κ1) is 16.3. The van der Waals surface area contributed by atoms with Gasteiger partial charge in [0, 0.05) is 11.1 Å². The van der Waals surface area contributed by atoms with Crippen molar-refractivity contribution in [3.05, 3.63) is 28.8 Å². The Labute approximate surface area is 129 Å². The van der Waals surface area contributed by atoms with Crippen LogP contribution in [-0.2, 0) is 14.8 Å². The molecule has 0 amide bonds. The quantitative estimate of drug-likeness (QED) is 0.888. The van der Waals surface area contributed by atoms with Gasteiger partial charge in [0.05, 0.1) is 10.8 Å². The van der Waals surface area contributed by atoms with Crippen LogP contribution in [0.3, 0.4) is 0 Å². The van der Waals surface area contributed by atoms with Gasteiger partial charge >= 0.3 is 5.97 Å². The third kappa shape index (κ3) is 3.75. The van der Waals surface area contributed by atoms with E-state index in [2.05, 4.69) is 4.72 Å². The fourth-order valence-corrected chi connectivity index (χ4v) is 4.46. The highest BCUT2D eigenvalue weighted by Gasteiger charge is 2.30. The van der Waals surface area contributed by atoms with E-state index in [1.165, 1.54) is 6.07 Å². The normalized spacial score (nSPS) is 23.0. The van der Waals surface area contributed by atoms with Gasteiger partial charge in [-0.25, -0.2) is 13.1 Å². The highest BCUT2D eigenvalue weighted by atomic mass is 35.5. The maximum absolute atomic E-state index is 12.4. The summed E-state index contributed by atoms with van der Waals surface area (Å²) in [6, 6.07) is 4.38. The summed E-state index contributed by atoms with van der Waals surface area (Å²) in [7, 11) is -3.69. The monoisotopic (exact) mass is 331 g/mol. The number of aliphatic carboxylic acids is 1. The SMILES string of the molecule is Cc1c(Cl)cccc1S(=O)(=O)NC1CCCC(C(=O)O)C1. The molecule has 0 heterocycles. The van der Waals surface area contributed by atoms with Crippen molar-refractivity contribution in [3.8, 4) is 0 Å². The molecule has 7 heteroatoms. The molecule has 0 aliphatic heterocycles. The zero-order valence-corrected chi connectivity index (χ0v) is 13.2. The standard InChI is InChI=1S/C14H18ClNO4S/c1-9-12(15)6-3-7-13(9)21(19,20)16-11-5-2-4-10(8-11)14(17)18/h3,6-7,10-11,16H,2,4-5,8H2,1H3,(H,17,18). The van der Waals surface area contributed by atoms with Crippen molar-refractivity contribution in [2.75, 3.05) is 0 Å². The number of nitrogens with one attached hydrogen (secondary N) is 1. The van der Waals surface area contributed by atoms with E-state index in [-0.39, 0.29) is 10.9 Å². The van der Waals surface area contributed by atoms with Crippen LogP contribution in [0, 0.1) is 12.8 Å². The topological polar surface area (TPSA) is 83.5 Å². The molecule has 1 aliphatic rings. The molecular formula is C14H18ClNO4S. The van der Waals surface area contributed by atoms with Crippen molar-refractivity contribution in [2.24, 2.45) is 5.92 Å². The van der Waals surface area contributed by atoms with E-state index >= 15 is 0 Å². The van der Waals surface area contributed by atoms with Gasteiger partial charge in [-0.1, -0.05) is 24.1 Å². The van der Waals surface area contributed by atoms with Gasteiger partial charge in [0.25, 0.3) is 0 Å². The molecule has 0 aromatic heterocycles. The van der Waals surface area contributed by atoms with Gasteiger partial charge in [-0.2, -0.15) is 0 Å². The molecule has 0 bridgehead atoms. The van der Waals surface area contributed by atoms with Crippen molar-refractivity contribution in [1.82, 2.24) is 4.72 Å². The number of sulfonamides is 1.